The first kappa shape index (κ1) is 24.2. The summed E-state index contributed by atoms with van der Waals surface area (Å²) < 4.78 is 43.8. The zero-order valence-electron chi connectivity index (χ0n) is 19.9. The molecule has 4 heterocycles. The number of aromatic nitrogens is 2. The summed E-state index contributed by atoms with van der Waals surface area (Å²) in [5, 5.41) is 11.0. The van der Waals surface area contributed by atoms with Crippen LogP contribution in [0.2, 0.25) is 0 Å². The number of hydrogen-bond acceptors (Lipinski definition) is 5. The zero-order chi connectivity index (χ0) is 24.7. The lowest BCUT2D eigenvalue weighted by atomic mass is 9.84. The summed E-state index contributed by atoms with van der Waals surface area (Å²) in [5.74, 6) is -1.19. The van der Waals surface area contributed by atoms with Crippen LogP contribution in [-0.2, 0) is 16.6 Å². The van der Waals surface area contributed by atoms with Gasteiger partial charge in [-0.2, -0.15) is 18.3 Å². The van der Waals surface area contributed by atoms with E-state index in [0.29, 0.717) is 70.4 Å². The Bertz CT molecular complexity index is 1100. The van der Waals surface area contributed by atoms with Crippen LogP contribution in [0.1, 0.15) is 61.6 Å². The van der Waals surface area contributed by atoms with Crippen molar-refractivity contribution in [2.24, 2.45) is 13.0 Å². The van der Waals surface area contributed by atoms with Crippen LogP contribution in [0.15, 0.2) is 18.2 Å². The molecule has 190 valence electrons. The van der Waals surface area contributed by atoms with Crippen LogP contribution in [0, 0.1) is 5.92 Å². The molecule has 35 heavy (non-hydrogen) atoms. The topological polar surface area (TPSA) is 79.3 Å². The number of alkyl halides is 3. The lowest BCUT2D eigenvalue weighted by Crippen LogP contribution is -2.54. The Hall–Kier alpha value is -2.46. The first-order valence-electron chi connectivity index (χ1n) is 12.5. The third-order valence-electron chi connectivity index (χ3n) is 8.03. The SMILES string of the molecule is Cn1nc(C2CCC(=O)NC2=O)c2ccc(C3CCN([C@@H](C4CCNCC4)C(F)(F)F)CC3)cc21. The fraction of sp³-hybridized carbons (Fsp3) is 0.640. The average Bonchev–Trinajstić information content (AvgIpc) is 3.15. The van der Waals surface area contributed by atoms with Gasteiger partial charge in [0, 0.05) is 18.9 Å². The highest BCUT2D eigenvalue weighted by Gasteiger charge is 2.48. The van der Waals surface area contributed by atoms with Crippen molar-refractivity contribution in [3.63, 3.8) is 0 Å². The summed E-state index contributed by atoms with van der Waals surface area (Å²) in [6.07, 6.45) is -0.986. The zero-order valence-corrected chi connectivity index (χ0v) is 19.9. The van der Waals surface area contributed by atoms with Crippen LogP contribution in [0.5, 0.6) is 0 Å². The van der Waals surface area contributed by atoms with Crippen molar-refractivity contribution >= 4 is 22.7 Å². The molecule has 3 saturated heterocycles. The van der Waals surface area contributed by atoms with E-state index in [9.17, 15) is 22.8 Å². The Balaban J connectivity index is 1.31. The van der Waals surface area contributed by atoms with E-state index in [2.05, 4.69) is 21.8 Å². The second-order valence-electron chi connectivity index (χ2n) is 10.2. The smallest absolute Gasteiger partial charge is 0.317 e. The third kappa shape index (κ3) is 4.82. The number of rotatable bonds is 4. The van der Waals surface area contributed by atoms with E-state index in [4.69, 9.17) is 0 Å². The van der Waals surface area contributed by atoms with Gasteiger partial charge in [-0.3, -0.25) is 24.5 Å². The minimum atomic E-state index is -4.21. The highest BCUT2D eigenvalue weighted by molar-refractivity contribution is 6.02. The highest BCUT2D eigenvalue weighted by atomic mass is 19.4. The standard InChI is InChI=1S/C25H32F3N5O2/c1-32-20-14-17(2-3-18(20)22(31-32)19-4-5-21(34)30-24(19)35)15-8-12-33(13-9-15)23(25(26,27)28)16-6-10-29-11-7-16/h2-3,14-16,19,23,29H,4-13H2,1H3,(H,30,34,35)/t19?,23-/m0/s1. The van der Waals surface area contributed by atoms with E-state index in [1.165, 1.54) is 0 Å². The monoisotopic (exact) mass is 491 g/mol. The van der Waals surface area contributed by atoms with Crippen molar-refractivity contribution in [3.8, 4) is 0 Å². The molecule has 10 heteroatoms. The molecule has 2 amide bonds. The molecule has 3 fully saturated rings. The normalized spacial score (nSPS) is 24.6. The van der Waals surface area contributed by atoms with E-state index in [1.807, 2.05) is 19.2 Å². The van der Waals surface area contributed by atoms with E-state index >= 15 is 0 Å². The summed E-state index contributed by atoms with van der Waals surface area (Å²) in [7, 11) is 1.83. The van der Waals surface area contributed by atoms with Crippen molar-refractivity contribution in [3.05, 3.63) is 29.5 Å². The molecule has 2 N–H and O–H groups in total. The Kier molecular flexibility index (Phi) is 6.61. The van der Waals surface area contributed by atoms with Gasteiger partial charge in [0.2, 0.25) is 11.8 Å². The molecule has 0 bridgehead atoms. The molecule has 3 aliphatic rings. The molecule has 2 aromatic rings. The summed E-state index contributed by atoms with van der Waals surface area (Å²) in [6.45, 7) is 2.17. The molecular formula is C25H32F3N5O2. The second kappa shape index (κ2) is 9.54. The number of imide groups is 1. The van der Waals surface area contributed by atoms with Crippen molar-refractivity contribution in [1.29, 1.82) is 0 Å². The number of hydrogen-bond donors (Lipinski definition) is 2. The van der Waals surface area contributed by atoms with E-state index in [1.54, 1.807) is 9.58 Å². The van der Waals surface area contributed by atoms with Crippen molar-refractivity contribution in [1.82, 2.24) is 25.3 Å². The lowest BCUT2D eigenvalue weighted by molar-refractivity contribution is -0.202. The van der Waals surface area contributed by atoms with Gasteiger partial charge in [0.25, 0.3) is 0 Å². The largest absolute Gasteiger partial charge is 0.404 e. The van der Waals surface area contributed by atoms with Gasteiger partial charge >= 0.3 is 6.18 Å². The van der Waals surface area contributed by atoms with Crippen LogP contribution in [0.4, 0.5) is 13.2 Å². The van der Waals surface area contributed by atoms with Gasteiger partial charge in [0.05, 0.1) is 17.1 Å². The molecule has 0 saturated carbocycles. The van der Waals surface area contributed by atoms with Gasteiger partial charge in [-0.25, -0.2) is 0 Å². The number of likely N-dealkylation sites (tertiary alicyclic amines) is 1. The maximum Gasteiger partial charge on any atom is 0.404 e. The first-order valence-corrected chi connectivity index (χ1v) is 12.5. The Morgan fingerprint density at radius 2 is 1.77 bits per heavy atom. The number of fused-ring (bicyclic) bond motifs is 1. The molecule has 1 aromatic carbocycles. The predicted octanol–water partition coefficient (Wildman–Crippen LogP) is 3.20. The number of aryl methyl sites for hydroxylation is 1. The van der Waals surface area contributed by atoms with Gasteiger partial charge in [-0.1, -0.05) is 12.1 Å². The fourth-order valence-corrected chi connectivity index (χ4v) is 6.21. The number of piperidine rings is 3. The van der Waals surface area contributed by atoms with Crippen molar-refractivity contribution in [2.75, 3.05) is 26.2 Å². The van der Waals surface area contributed by atoms with E-state index in [0.717, 1.165) is 16.5 Å². The van der Waals surface area contributed by atoms with Crippen LogP contribution < -0.4 is 10.6 Å². The third-order valence-corrected chi connectivity index (χ3v) is 8.03. The molecular weight excluding hydrogens is 459 g/mol. The minimum absolute atomic E-state index is 0.187. The Morgan fingerprint density at radius 3 is 2.43 bits per heavy atom. The van der Waals surface area contributed by atoms with Crippen LogP contribution in [0.25, 0.3) is 10.9 Å². The summed E-state index contributed by atoms with van der Waals surface area (Å²) in [4.78, 5) is 25.6. The van der Waals surface area contributed by atoms with E-state index < -0.39 is 18.1 Å². The molecule has 0 aliphatic carbocycles. The fourth-order valence-electron chi connectivity index (χ4n) is 6.21. The maximum atomic E-state index is 14.0. The first-order chi connectivity index (χ1) is 16.7. The number of carbonyl (C=O) groups is 2. The molecule has 1 aromatic heterocycles. The van der Waals surface area contributed by atoms with Gasteiger partial charge in [-0.15, -0.1) is 0 Å². The van der Waals surface area contributed by atoms with Gasteiger partial charge in [-0.05, 0) is 81.7 Å². The van der Waals surface area contributed by atoms with Crippen LogP contribution in [-0.4, -0.2) is 64.9 Å². The van der Waals surface area contributed by atoms with Gasteiger partial charge in [0.15, 0.2) is 0 Å². The maximum absolute atomic E-state index is 14.0. The van der Waals surface area contributed by atoms with Crippen LogP contribution in [0.3, 0.4) is 0 Å². The number of nitrogens with zero attached hydrogens (tertiary/aromatic N) is 3. The number of benzene rings is 1. The molecule has 1 unspecified atom stereocenters. The molecule has 5 rings (SSSR count). The molecule has 7 nitrogen and oxygen atoms in total. The van der Waals surface area contributed by atoms with E-state index in [-0.39, 0.29) is 23.7 Å². The summed E-state index contributed by atoms with van der Waals surface area (Å²) in [5.41, 5.74) is 2.66. The Morgan fingerprint density at radius 1 is 1.06 bits per heavy atom. The van der Waals surface area contributed by atoms with Gasteiger partial charge in [0.1, 0.15) is 6.04 Å². The second-order valence-corrected chi connectivity index (χ2v) is 10.2. The highest BCUT2D eigenvalue weighted by Crippen LogP contribution is 2.39. The lowest BCUT2D eigenvalue weighted by Gasteiger charge is -2.43. The molecule has 0 spiro atoms. The summed E-state index contributed by atoms with van der Waals surface area (Å²) in [6, 6.07) is 4.69. The number of halogens is 3. The van der Waals surface area contributed by atoms with Gasteiger partial charge < -0.3 is 5.32 Å². The minimum Gasteiger partial charge on any atom is -0.317 e. The van der Waals surface area contributed by atoms with Crippen molar-refractivity contribution < 1.29 is 22.8 Å². The summed E-state index contributed by atoms with van der Waals surface area (Å²) >= 11 is 0. The number of amides is 2. The molecule has 3 aliphatic heterocycles. The quantitative estimate of drug-likeness (QED) is 0.643. The van der Waals surface area contributed by atoms with Crippen molar-refractivity contribution in [2.45, 2.75) is 62.6 Å². The Labute approximate surface area is 202 Å². The number of carbonyl (C=O) groups excluding carboxylic acids is 2. The average molecular weight is 492 g/mol. The predicted molar refractivity (Wildman–Crippen MR) is 125 cm³/mol. The number of nitrogens with one attached hydrogen (secondary N) is 2. The van der Waals surface area contributed by atoms with Crippen LogP contribution >= 0.6 is 0 Å². The molecule has 2 atom stereocenters. The molecule has 0 radical (unpaired) electrons.